The van der Waals surface area contributed by atoms with Gasteiger partial charge in [0.25, 0.3) is 0 Å². The Morgan fingerprint density at radius 2 is 2.06 bits per heavy atom. The Labute approximate surface area is 109 Å². The largest absolute Gasteiger partial charge is 0.395 e. The summed E-state index contributed by atoms with van der Waals surface area (Å²) in [6.07, 6.45) is 6.94. The predicted molar refractivity (Wildman–Crippen MR) is 70.5 cm³/mol. The Morgan fingerprint density at radius 1 is 1.28 bits per heavy atom. The summed E-state index contributed by atoms with van der Waals surface area (Å²) in [6.45, 7) is 2.21. The summed E-state index contributed by atoms with van der Waals surface area (Å²) in [6, 6.07) is 0.728. The zero-order chi connectivity index (χ0) is 12.8. The lowest BCUT2D eigenvalue weighted by molar-refractivity contribution is 0.168. The molecule has 18 heavy (non-hydrogen) atoms. The minimum absolute atomic E-state index is 0.00958. The highest BCUT2D eigenvalue weighted by Crippen LogP contribution is 2.18. The van der Waals surface area contributed by atoms with Gasteiger partial charge >= 0.3 is 6.03 Å². The molecule has 2 fully saturated rings. The van der Waals surface area contributed by atoms with Crippen molar-refractivity contribution in [2.75, 3.05) is 26.2 Å². The first-order valence-corrected chi connectivity index (χ1v) is 7.19. The fourth-order valence-corrected chi connectivity index (χ4v) is 2.91. The lowest BCUT2D eigenvalue weighted by Crippen LogP contribution is -2.49. The van der Waals surface area contributed by atoms with E-state index in [0.717, 1.165) is 25.8 Å². The topological polar surface area (TPSA) is 64.6 Å². The molecule has 0 aromatic rings. The first-order chi connectivity index (χ1) is 8.79. The number of hydrogen-bond acceptors (Lipinski definition) is 3. The molecule has 1 heterocycles. The Morgan fingerprint density at radius 3 is 2.67 bits per heavy atom. The molecule has 0 aromatic carbocycles. The Bertz CT molecular complexity index is 261. The van der Waals surface area contributed by atoms with E-state index in [0.29, 0.717) is 25.2 Å². The van der Waals surface area contributed by atoms with Crippen molar-refractivity contribution in [2.45, 2.75) is 50.6 Å². The molecule has 1 aliphatic heterocycles. The van der Waals surface area contributed by atoms with Crippen LogP contribution in [0.25, 0.3) is 0 Å². The molecule has 0 radical (unpaired) electrons. The molecule has 2 aliphatic rings. The zero-order valence-electron chi connectivity index (χ0n) is 11.0. The SMILES string of the molecule is O=C(NC1CCCC1)N(CCO)CC1CCCN1. The minimum Gasteiger partial charge on any atom is -0.395 e. The second-order valence-electron chi connectivity index (χ2n) is 5.39. The third-order valence-corrected chi connectivity index (χ3v) is 3.94. The van der Waals surface area contributed by atoms with E-state index >= 15 is 0 Å². The van der Waals surface area contributed by atoms with Gasteiger partial charge in [0.05, 0.1) is 6.61 Å². The number of nitrogens with zero attached hydrogens (tertiary/aromatic N) is 1. The Hall–Kier alpha value is -0.810. The summed E-state index contributed by atoms with van der Waals surface area (Å²) >= 11 is 0. The van der Waals surface area contributed by atoms with E-state index in [9.17, 15) is 4.79 Å². The smallest absolute Gasteiger partial charge is 0.317 e. The quantitative estimate of drug-likeness (QED) is 0.677. The van der Waals surface area contributed by atoms with Gasteiger partial charge in [-0.3, -0.25) is 0 Å². The van der Waals surface area contributed by atoms with E-state index in [1.165, 1.54) is 19.3 Å². The van der Waals surface area contributed by atoms with Gasteiger partial charge in [0.1, 0.15) is 0 Å². The number of amides is 2. The van der Waals surface area contributed by atoms with Gasteiger partial charge in [-0.05, 0) is 32.2 Å². The Kier molecular flexibility index (Phi) is 5.26. The molecule has 1 saturated carbocycles. The number of hydrogen-bond donors (Lipinski definition) is 3. The molecular weight excluding hydrogens is 230 g/mol. The number of carbonyl (C=O) groups excluding carboxylic acids is 1. The highest BCUT2D eigenvalue weighted by Gasteiger charge is 2.24. The fraction of sp³-hybridized carbons (Fsp3) is 0.923. The average Bonchev–Trinajstić information content (AvgIpc) is 3.01. The highest BCUT2D eigenvalue weighted by molar-refractivity contribution is 5.74. The van der Waals surface area contributed by atoms with Crippen molar-refractivity contribution in [2.24, 2.45) is 0 Å². The molecule has 0 aromatic heterocycles. The molecule has 1 aliphatic carbocycles. The Balaban J connectivity index is 1.80. The van der Waals surface area contributed by atoms with E-state index in [4.69, 9.17) is 5.11 Å². The van der Waals surface area contributed by atoms with Gasteiger partial charge in [0.2, 0.25) is 0 Å². The number of aliphatic hydroxyl groups is 1. The van der Waals surface area contributed by atoms with Crippen LogP contribution in [0.1, 0.15) is 38.5 Å². The molecule has 2 rings (SSSR count). The van der Waals surface area contributed by atoms with Crippen LogP contribution in [0.15, 0.2) is 0 Å². The van der Waals surface area contributed by atoms with Crippen LogP contribution in [-0.2, 0) is 0 Å². The number of rotatable bonds is 5. The summed E-state index contributed by atoms with van der Waals surface area (Å²) in [5, 5.41) is 15.6. The molecule has 0 bridgehead atoms. The van der Waals surface area contributed by atoms with Crippen molar-refractivity contribution in [3.63, 3.8) is 0 Å². The number of nitrogens with one attached hydrogen (secondary N) is 2. The number of aliphatic hydroxyl groups excluding tert-OH is 1. The molecule has 104 valence electrons. The van der Waals surface area contributed by atoms with Crippen molar-refractivity contribution in [1.82, 2.24) is 15.5 Å². The highest BCUT2D eigenvalue weighted by atomic mass is 16.3. The first-order valence-electron chi connectivity index (χ1n) is 7.19. The van der Waals surface area contributed by atoms with Crippen molar-refractivity contribution >= 4 is 6.03 Å². The summed E-state index contributed by atoms with van der Waals surface area (Å²) in [5.74, 6) is 0. The van der Waals surface area contributed by atoms with Crippen LogP contribution < -0.4 is 10.6 Å². The van der Waals surface area contributed by atoms with Crippen LogP contribution in [0.4, 0.5) is 4.79 Å². The molecule has 1 atom stereocenters. The van der Waals surface area contributed by atoms with Gasteiger partial charge in [0, 0.05) is 25.2 Å². The molecule has 2 amide bonds. The van der Waals surface area contributed by atoms with Gasteiger partial charge < -0.3 is 20.6 Å². The van der Waals surface area contributed by atoms with Crippen molar-refractivity contribution < 1.29 is 9.90 Å². The van der Waals surface area contributed by atoms with E-state index in [1.807, 2.05) is 0 Å². The molecule has 0 spiro atoms. The van der Waals surface area contributed by atoms with Crippen LogP contribution in [0.2, 0.25) is 0 Å². The van der Waals surface area contributed by atoms with E-state index in [1.54, 1.807) is 4.90 Å². The molecule has 3 N–H and O–H groups in total. The lowest BCUT2D eigenvalue weighted by atomic mass is 10.2. The monoisotopic (exact) mass is 255 g/mol. The van der Waals surface area contributed by atoms with Crippen molar-refractivity contribution in [1.29, 1.82) is 0 Å². The van der Waals surface area contributed by atoms with E-state index < -0.39 is 0 Å². The van der Waals surface area contributed by atoms with Crippen LogP contribution in [0, 0.1) is 0 Å². The maximum absolute atomic E-state index is 12.2. The van der Waals surface area contributed by atoms with Gasteiger partial charge in [-0.25, -0.2) is 4.79 Å². The van der Waals surface area contributed by atoms with Crippen LogP contribution >= 0.6 is 0 Å². The predicted octanol–water partition coefficient (Wildman–Crippen LogP) is 0.685. The third kappa shape index (κ3) is 3.85. The lowest BCUT2D eigenvalue weighted by Gasteiger charge is -2.27. The van der Waals surface area contributed by atoms with Crippen molar-refractivity contribution in [3.05, 3.63) is 0 Å². The molecule has 5 heteroatoms. The van der Waals surface area contributed by atoms with Crippen LogP contribution in [-0.4, -0.2) is 54.4 Å². The summed E-state index contributed by atoms with van der Waals surface area (Å²) in [4.78, 5) is 13.9. The minimum atomic E-state index is -0.00958. The maximum atomic E-state index is 12.2. The number of urea groups is 1. The molecule has 1 saturated heterocycles. The summed E-state index contributed by atoms with van der Waals surface area (Å²) in [7, 11) is 0. The van der Waals surface area contributed by atoms with Gasteiger partial charge in [-0.2, -0.15) is 0 Å². The van der Waals surface area contributed by atoms with E-state index in [2.05, 4.69) is 10.6 Å². The third-order valence-electron chi connectivity index (χ3n) is 3.94. The molecule has 1 unspecified atom stereocenters. The molecule has 5 nitrogen and oxygen atoms in total. The second-order valence-corrected chi connectivity index (χ2v) is 5.39. The normalized spacial score (nSPS) is 24.4. The zero-order valence-corrected chi connectivity index (χ0v) is 11.0. The van der Waals surface area contributed by atoms with Crippen LogP contribution in [0.3, 0.4) is 0 Å². The van der Waals surface area contributed by atoms with Crippen LogP contribution in [0.5, 0.6) is 0 Å². The maximum Gasteiger partial charge on any atom is 0.317 e. The summed E-state index contributed by atoms with van der Waals surface area (Å²) < 4.78 is 0. The molecular formula is C13H25N3O2. The average molecular weight is 255 g/mol. The first kappa shape index (κ1) is 13.6. The number of carbonyl (C=O) groups is 1. The van der Waals surface area contributed by atoms with Gasteiger partial charge in [-0.1, -0.05) is 12.8 Å². The van der Waals surface area contributed by atoms with Crippen molar-refractivity contribution in [3.8, 4) is 0 Å². The summed E-state index contributed by atoms with van der Waals surface area (Å²) in [5.41, 5.74) is 0. The standard InChI is InChI=1S/C13H25N3O2/c17-9-8-16(10-12-6-3-7-14-12)13(18)15-11-4-1-2-5-11/h11-12,14,17H,1-10H2,(H,15,18). The van der Waals surface area contributed by atoms with Gasteiger partial charge in [-0.15, -0.1) is 0 Å². The fourth-order valence-electron chi connectivity index (χ4n) is 2.91. The second kappa shape index (κ2) is 6.95. The van der Waals surface area contributed by atoms with Gasteiger partial charge in [0.15, 0.2) is 0 Å². The van der Waals surface area contributed by atoms with E-state index in [-0.39, 0.29) is 12.6 Å².